The van der Waals surface area contributed by atoms with Crippen LogP contribution in [0.2, 0.25) is 0 Å². The number of carbonyl (C=O) groups is 1. The third-order valence-electron chi connectivity index (χ3n) is 1.95. The third kappa shape index (κ3) is 6.48. The molecule has 0 aromatic heterocycles. The molecule has 3 nitrogen and oxygen atoms in total. The van der Waals surface area contributed by atoms with Crippen LogP contribution in [0.5, 0.6) is 0 Å². The molecule has 17 heavy (non-hydrogen) atoms. The Labute approximate surface area is 99.9 Å². The zero-order valence-corrected chi connectivity index (χ0v) is 9.69. The number of benzene rings is 1. The zero-order chi connectivity index (χ0) is 12.5. The number of carbonyl (C=O) groups excluding carboxylic acids is 1. The van der Waals surface area contributed by atoms with Gasteiger partial charge in [0.2, 0.25) is 0 Å². The molecule has 0 aliphatic rings. The number of hydrogen-bond acceptors (Lipinski definition) is 3. The minimum atomic E-state index is -0.506. The van der Waals surface area contributed by atoms with Gasteiger partial charge >= 0.3 is 5.97 Å². The molecule has 4 heteroatoms. The van der Waals surface area contributed by atoms with Crippen LogP contribution in [-0.4, -0.2) is 19.2 Å². The summed E-state index contributed by atoms with van der Waals surface area (Å²) >= 11 is 0. The summed E-state index contributed by atoms with van der Waals surface area (Å²) < 4.78 is 22.7. The Balaban J connectivity index is 2.18. The number of esters is 1. The van der Waals surface area contributed by atoms with E-state index < -0.39 is 11.8 Å². The van der Waals surface area contributed by atoms with Crippen LogP contribution in [0.3, 0.4) is 0 Å². The average Bonchev–Trinajstić information content (AvgIpc) is 2.33. The van der Waals surface area contributed by atoms with Crippen molar-refractivity contribution in [3.8, 4) is 0 Å². The molecule has 92 valence electrons. The standard InChI is InChI=1S/C13H15FO3/c1-11(15)17-10-13(14)7-8-16-9-12-5-3-2-4-6-12/h2-7H,8-10H2,1H3/b13-7+. The highest BCUT2D eigenvalue weighted by atomic mass is 19.1. The van der Waals surface area contributed by atoms with Crippen LogP contribution in [0.25, 0.3) is 0 Å². The third-order valence-corrected chi connectivity index (χ3v) is 1.95. The summed E-state index contributed by atoms with van der Waals surface area (Å²) in [6.07, 6.45) is 1.26. The predicted octanol–water partition coefficient (Wildman–Crippen LogP) is 2.62. The maximum absolute atomic E-state index is 13.0. The molecule has 0 N–H and O–H groups in total. The molecule has 0 bridgehead atoms. The van der Waals surface area contributed by atoms with E-state index in [0.717, 1.165) is 5.56 Å². The SMILES string of the molecule is CC(=O)OC/C(F)=C\COCc1ccccc1. The van der Waals surface area contributed by atoms with Crippen LogP contribution in [-0.2, 0) is 20.9 Å². The van der Waals surface area contributed by atoms with Gasteiger partial charge in [-0.2, -0.15) is 0 Å². The molecule has 0 atom stereocenters. The van der Waals surface area contributed by atoms with E-state index in [0.29, 0.717) is 6.61 Å². The van der Waals surface area contributed by atoms with Crippen LogP contribution in [0.1, 0.15) is 12.5 Å². The number of halogens is 1. The van der Waals surface area contributed by atoms with Crippen molar-refractivity contribution in [2.45, 2.75) is 13.5 Å². The molecule has 0 aliphatic carbocycles. The van der Waals surface area contributed by atoms with Crippen molar-refractivity contribution < 1.29 is 18.7 Å². The Bertz CT molecular complexity index is 374. The lowest BCUT2D eigenvalue weighted by Gasteiger charge is -2.02. The quantitative estimate of drug-likeness (QED) is 0.564. The van der Waals surface area contributed by atoms with Crippen molar-refractivity contribution in [3.63, 3.8) is 0 Å². The molecule has 1 aromatic rings. The van der Waals surface area contributed by atoms with E-state index in [9.17, 15) is 9.18 Å². The fraction of sp³-hybridized carbons (Fsp3) is 0.308. The smallest absolute Gasteiger partial charge is 0.303 e. The highest BCUT2D eigenvalue weighted by Gasteiger charge is 1.98. The van der Waals surface area contributed by atoms with Crippen molar-refractivity contribution in [2.24, 2.45) is 0 Å². The fourth-order valence-electron chi connectivity index (χ4n) is 1.13. The van der Waals surface area contributed by atoms with Crippen molar-refractivity contribution in [3.05, 3.63) is 47.8 Å². The first-order chi connectivity index (χ1) is 8.18. The van der Waals surface area contributed by atoms with Crippen LogP contribution in [0.4, 0.5) is 4.39 Å². The van der Waals surface area contributed by atoms with Gasteiger partial charge in [0, 0.05) is 6.92 Å². The van der Waals surface area contributed by atoms with Gasteiger partial charge in [-0.25, -0.2) is 4.39 Å². The zero-order valence-electron chi connectivity index (χ0n) is 9.69. The second kappa shape index (κ2) is 7.57. The van der Waals surface area contributed by atoms with E-state index >= 15 is 0 Å². The molecule has 1 aromatic carbocycles. The van der Waals surface area contributed by atoms with Gasteiger partial charge in [0.15, 0.2) is 0 Å². The van der Waals surface area contributed by atoms with E-state index in [1.807, 2.05) is 30.3 Å². The fourth-order valence-corrected chi connectivity index (χ4v) is 1.13. The first-order valence-corrected chi connectivity index (χ1v) is 5.28. The summed E-state index contributed by atoms with van der Waals surface area (Å²) in [7, 11) is 0. The monoisotopic (exact) mass is 238 g/mol. The molecular formula is C13H15FO3. The van der Waals surface area contributed by atoms with E-state index in [4.69, 9.17) is 4.74 Å². The summed E-state index contributed by atoms with van der Waals surface area (Å²) in [4.78, 5) is 10.4. The second-order valence-corrected chi connectivity index (χ2v) is 3.43. The predicted molar refractivity (Wildman–Crippen MR) is 61.9 cm³/mol. The van der Waals surface area contributed by atoms with Gasteiger partial charge in [-0.15, -0.1) is 0 Å². The molecule has 0 saturated carbocycles. The van der Waals surface area contributed by atoms with E-state index in [1.54, 1.807) is 0 Å². The molecule has 0 radical (unpaired) electrons. The van der Waals surface area contributed by atoms with E-state index in [2.05, 4.69) is 4.74 Å². The molecule has 0 saturated heterocycles. The van der Waals surface area contributed by atoms with E-state index in [-0.39, 0.29) is 13.2 Å². The Morgan fingerprint density at radius 2 is 2.06 bits per heavy atom. The maximum atomic E-state index is 13.0. The van der Waals surface area contributed by atoms with Crippen molar-refractivity contribution in [2.75, 3.05) is 13.2 Å². The summed E-state index contributed by atoms with van der Waals surface area (Å²) in [5.41, 5.74) is 1.03. The number of hydrogen-bond donors (Lipinski definition) is 0. The summed E-state index contributed by atoms with van der Waals surface area (Å²) in [5, 5.41) is 0. The molecule has 1 rings (SSSR count). The van der Waals surface area contributed by atoms with Gasteiger partial charge in [-0.1, -0.05) is 30.3 Å². The second-order valence-electron chi connectivity index (χ2n) is 3.43. The van der Waals surface area contributed by atoms with Crippen molar-refractivity contribution >= 4 is 5.97 Å². The molecular weight excluding hydrogens is 223 g/mol. The largest absolute Gasteiger partial charge is 0.459 e. The van der Waals surface area contributed by atoms with Crippen LogP contribution in [0.15, 0.2) is 42.2 Å². The van der Waals surface area contributed by atoms with Crippen molar-refractivity contribution in [1.82, 2.24) is 0 Å². The first kappa shape index (κ1) is 13.4. The Hall–Kier alpha value is -1.68. The minimum absolute atomic E-state index is 0.155. The Morgan fingerprint density at radius 1 is 1.35 bits per heavy atom. The maximum Gasteiger partial charge on any atom is 0.303 e. The highest BCUT2D eigenvalue weighted by molar-refractivity contribution is 5.66. The molecule has 0 fully saturated rings. The lowest BCUT2D eigenvalue weighted by Crippen LogP contribution is -2.01. The average molecular weight is 238 g/mol. The molecule has 0 unspecified atom stereocenters. The Morgan fingerprint density at radius 3 is 2.71 bits per heavy atom. The van der Waals surface area contributed by atoms with Crippen molar-refractivity contribution in [1.29, 1.82) is 0 Å². The lowest BCUT2D eigenvalue weighted by atomic mass is 10.2. The van der Waals surface area contributed by atoms with Crippen LogP contribution in [0, 0.1) is 0 Å². The normalized spacial score (nSPS) is 11.3. The van der Waals surface area contributed by atoms with Crippen LogP contribution < -0.4 is 0 Å². The van der Waals surface area contributed by atoms with Crippen LogP contribution >= 0.6 is 0 Å². The number of rotatable bonds is 6. The molecule has 0 spiro atoms. The lowest BCUT2D eigenvalue weighted by molar-refractivity contribution is -0.140. The highest BCUT2D eigenvalue weighted by Crippen LogP contribution is 2.02. The first-order valence-electron chi connectivity index (χ1n) is 5.28. The van der Waals surface area contributed by atoms with Gasteiger partial charge in [-0.3, -0.25) is 4.79 Å². The summed E-state index contributed by atoms with van der Waals surface area (Å²) in [6.45, 7) is 1.49. The molecule has 0 amide bonds. The van der Waals surface area contributed by atoms with Gasteiger partial charge < -0.3 is 9.47 Å². The van der Waals surface area contributed by atoms with E-state index in [1.165, 1.54) is 13.0 Å². The Kier molecular flexibility index (Phi) is 5.96. The van der Waals surface area contributed by atoms with Gasteiger partial charge in [0.25, 0.3) is 0 Å². The van der Waals surface area contributed by atoms with Gasteiger partial charge in [-0.05, 0) is 11.6 Å². The van der Waals surface area contributed by atoms with Gasteiger partial charge in [0.05, 0.1) is 13.2 Å². The minimum Gasteiger partial charge on any atom is -0.459 e. The summed E-state index contributed by atoms with van der Waals surface area (Å²) in [5.74, 6) is -1.01. The molecule has 0 heterocycles. The topological polar surface area (TPSA) is 35.5 Å². The summed E-state index contributed by atoms with van der Waals surface area (Å²) in [6, 6.07) is 9.60. The number of ether oxygens (including phenoxy) is 2. The molecule has 0 aliphatic heterocycles. The van der Waals surface area contributed by atoms with Gasteiger partial charge in [0.1, 0.15) is 12.4 Å².